The van der Waals surface area contributed by atoms with Crippen LogP contribution in [0.1, 0.15) is 12.6 Å². The van der Waals surface area contributed by atoms with Gasteiger partial charge in [-0.1, -0.05) is 0 Å². The summed E-state index contributed by atoms with van der Waals surface area (Å²) in [6, 6.07) is 0. The second-order valence-electron chi connectivity index (χ2n) is 4.11. The van der Waals surface area contributed by atoms with E-state index in [1.807, 2.05) is 0 Å². The number of nitrogens with one attached hydrogen (secondary N) is 1. The summed E-state index contributed by atoms with van der Waals surface area (Å²) in [5, 5.41) is 9.77. The van der Waals surface area contributed by atoms with Crippen molar-refractivity contribution in [2.45, 2.75) is 24.9 Å². The van der Waals surface area contributed by atoms with Gasteiger partial charge in [0, 0.05) is 17.2 Å². The molecule has 0 aromatic carbocycles. The number of H-pyrrole nitrogens is 1. The molecule has 9 nitrogen and oxygen atoms in total. The summed E-state index contributed by atoms with van der Waals surface area (Å²) in [6.07, 6.45) is -1.23. The summed E-state index contributed by atoms with van der Waals surface area (Å²) in [7, 11) is -2.78. The molecule has 0 aliphatic carbocycles. The number of aliphatic hydroxyl groups is 1. The third-order valence-electron chi connectivity index (χ3n) is 2.79. The van der Waals surface area contributed by atoms with Crippen LogP contribution in [0.4, 0.5) is 0 Å². The Kier molecular flexibility index (Phi) is 4.84. The largest absolute Gasteiger partial charge is 0.694 e. The Morgan fingerprint density at radius 2 is 2.30 bits per heavy atom. The Balaban J connectivity index is 2.16. The zero-order valence-corrected chi connectivity index (χ0v) is 12.4. The number of hydrogen-bond donors (Lipinski definition) is 3. The smallest absolute Gasteiger partial charge is 0.390 e. The maximum atomic E-state index is 11.7. The number of aromatic amines is 1. The Morgan fingerprint density at radius 3 is 2.95 bits per heavy atom. The zero-order chi connectivity index (χ0) is 14.9. The van der Waals surface area contributed by atoms with Crippen molar-refractivity contribution in [1.82, 2.24) is 9.55 Å². The molecule has 1 saturated heterocycles. The van der Waals surface area contributed by atoms with Crippen molar-refractivity contribution >= 4 is 24.2 Å². The van der Waals surface area contributed by atoms with Crippen LogP contribution in [0.2, 0.25) is 0 Å². The van der Waals surface area contributed by atoms with Crippen LogP contribution in [0.5, 0.6) is 0 Å². The first-order valence-corrected chi connectivity index (χ1v) is 7.44. The number of aliphatic hydroxyl groups excluding tert-OH is 1. The predicted octanol–water partition coefficient (Wildman–Crippen LogP) is -0.386. The second-order valence-corrected chi connectivity index (χ2v) is 5.70. The van der Waals surface area contributed by atoms with E-state index in [-0.39, 0.29) is 17.5 Å². The molecule has 20 heavy (non-hydrogen) atoms. The van der Waals surface area contributed by atoms with Crippen LogP contribution in [-0.2, 0) is 13.8 Å². The first kappa shape index (κ1) is 15.5. The number of ether oxygens (including phenoxy) is 1. The van der Waals surface area contributed by atoms with E-state index in [0.29, 0.717) is 0 Å². The molecule has 0 spiro atoms. The number of hydrogen-bond acceptors (Lipinski definition) is 6. The maximum Gasteiger partial charge on any atom is 0.694 e. The van der Waals surface area contributed by atoms with Gasteiger partial charge in [0.05, 0.1) is 10.6 Å². The topological polar surface area (TPSA) is 131 Å². The van der Waals surface area contributed by atoms with Gasteiger partial charge in [-0.3, -0.25) is 14.3 Å². The zero-order valence-electron chi connectivity index (χ0n) is 9.93. The van der Waals surface area contributed by atoms with Gasteiger partial charge in [-0.25, -0.2) is 4.79 Å². The molecule has 4 atom stereocenters. The minimum atomic E-state index is -2.78. The number of rotatable bonds is 4. The Bertz CT molecular complexity index is 629. The average molecular weight is 370 g/mol. The van der Waals surface area contributed by atoms with Crippen LogP contribution in [0.3, 0.4) is 0 Å². The summed E-state index contributed by atoms with van der Waals surface area (Å²) in [6.45, 7) is -0.275. The van der Waals surface area contributed by atoms with Crippen molar-refractivity contribution in [3.8, 4) is 0 Å². The van der Waals surface area contributed by atoms with Gasteiger partial charge >= 0.3 is 13.9 Å². The van der Waals surface area contributed by atoms with Crippen LogP contribution in [-0.4, -0.2) is 38.4 Å². The predicted molar refractivity (Wildman–Crippen MR) is 69.3 cm³/mol. The van der Waals surface area contributed by atoms with E-state index < -0.39 is 37.9 Å². The molecule has 2 rings (SSSR count). The molecule has 0 radical (unpaired) electrons. The van der Waals surface area contributed by atoms with Gasteiger partial charge in [0.1, 0.15) is 18.9 Å². The van der Waals surface area contributed by atoms with Gasteiger partial charge in [0.25, 0.3) is 5.56 Å². The lowest BCUT2D eigenvalue weighted by Gasteiger charge is -2.14. The summed E-state index contributed by atoms with van der Waals surface area (Å²) in [4.78, 5) is 33.5. The van der Waals surface area contributed by atoms with E-state index in [1.165, 1.54) is 6.20 Å². The van der Waals surface area contributed by atoms with Gasteiger partial charge in [0.15, 0.2) is 0 Å². The van der Waals surface area contributed by atoms with E-state index >= 15 is 0 Å². The van der Waals surface area contributed by atoms with Crippen LogP contribution < -0.4 is 11.2 Å². The summed E-state index contributed by atoms with van der Waals surface area (Å²) >= 11 is 2.99. The molecule has 1 fully saturated rings. The fourth-order valence-electron chi connectivity index (χ4n) is 1.85. The molecule has 1 aromatic rings. The number of nitrogens with zero attached hydrogens (tertiary/aromatic N) is 1. The minimum absolute atomic E-state index is 0.0919. The average Bonchev–Trinajstić information content (AvgIpc) is 2.72. The van der Waals surface area contributed by atoms with Crippen LogP contribution in [0, 0.1) is 0 Å². The highest BCUT2D eigenvalue weighted by molar-refractivity contribution is 9.10. The van der Waals surface area contributed by atoms with Crippen molar-refractivity contribution in [2.75, 3.05) is 6.61 Å². The number of halogens is 1. The fraction of sp³-hybridized carbons (Fsp3) is 0.556. The van der Waals surface area contributed by atoms with E-state index in [4.69, 9.17) is 9.63 Å². The molecule has 1 aliphatic rings. The van der Waals surface area contributed by atoms with E-state index in [2.05, 4.69) is 25.4 Å². The minimum Gasteiger partial charge on any atom is -0.390 e. The van der Waals surface area contributed by atoms with Crippen LogP contribution in [0.15, 0.2) is 20.3 Å². The molecule has 0 amide bonds. The van der Waals surface area contributed by atoms with E-state index in [9.17, 15) is 19.3 Å². The first-order valence-electron chi connectivity index (χ1n) is 5.52. The quantitative estimate of drug-likeness (QED) is 0.616. The highest BCUT2D eigenvalue weighted by atomic mass is 79.9. The van der Waals surface area contributed by atoms with E-state index in [0.717, 1.165) is 4.57 Å². The molecular weight excluding hydrogens is 359 g/mol. The summed E-state index contributed by atoms with van der Waals surface area (Å²) in [5.74, 6) is 0. The van der Waals surface area contributed by atoms with Gasteiger partial charge in [0.2, 0.25) is 0 Å². The van der Waals surface area contributed by atoms with Crippen molar-refractivity contribution in [3.63, 3.8) is 0 Å². The molecule has 1 aromatic heterocycles. The lowest BCUT2D eigenvalue weighted by atomic mass is 10.2. The summed E-state index contributed by atoms with van der Waals surface area (Å²) < 4.78 is 21.6. The van der Waals surface area contributed by atoms with Gasteiger partial charge in [-0.2, -0.15) is 0 Å². The fourth-order valence-corrected chi connectivity index (χ4v) is 2.44. The van der Waals surface area contributed by atoms with Crippen molar-refractivity contribution in [3.05, 3.63) is 31.5 Å². The third kappa shape index (κ3) is 3.40. The van der Waals surface area contributed by atoms with Gasteiger partial charge in [-0.15, -0.1) is 9.42 Å². The van der Waals surface area contributed by atoms with Crippen molar-refractivity contribution in [1.29, 1.82) is 0 Å². The highest BCUT2D eigenvalue weighted by Gasteiger charge is 2.37. The van der Waals surface area contributed by atoms with Crippen LogP contribution in [0.25, 0.3) is 0 Å². The maximum absolute atomic E-state index is 11.7. The molecule has 1 aliphatic heterocycles. The van der Waals surface area contributed by atoms with E-state index in [1.54, 1.807) is 0 Å². The lowest BCUT2D eigenvalue weighted by Crippen LogP contribution is -2.32. The molecule has 0 bridgehead atoms. The summed E-state index contributed by atoms with van der Waals surface area (Å²) in [5.41, 5.74) is -1.24. The Morgan fingerprint density at radius 1 is 1.60 bits per heavy atom. The normalized spacial score (nSPS) is 26.8. The molecule has 0 saturated carbocycles. The molecule has 2 heterocycles. The van der Waals surface area contributed by atoms with Gasteiger partial charge < -0.3 is 9.84 Å². The SMILES string of the molecule is O=c1[nH]c(=O)n(C2CC(O)C(CO[P+](=O)O)O2)cc1Br. The second kappa shape index (κ2) is 6.25. The molecule has 4 unspecified atom stereocenters. The highest BCUT2D eigenvalue weighted by Crippen LogP contribution is 2.29. The van der Waals surface area contributed by atoms with Crippen molar-refractivity contribution < 1.29 is 23.8 Å². The van der Waals surface area contributed by atoms with Crippen molar-refractivity contribution in [2.24, 2.45) is 0 Å². The monoisotopic (exact) mass is 369 g/mol. The standard InChI is InChI=1S/C9H10BrN2O7P/c10-4-2-12(9(15)11-8(4)14)7-1-5(13)6(19-7)3-18-20(16)17/h2,5-7,13H,1,3H2,(H-,11,14,15,16,17)/p+1. The number of aromatic nitrogens is 2. The third-order valence-corrected chi connectivity index (χ3v) is 3.72. The molecule has 11 heteroatoms. The molecule has 110 valence electrons. The Labute approximate surface area is 121 Å². The lowest BCUT2D eigenvalue weighted by molar-refractivity contribution is -0.0413. The first-order chi connectivity index (χ1) is 9.38. The van der Waals surface area contributed by atoms with Crippen LogP contribution >= 0.6 is 24.2 Å². The Hall–Kier alpha value is -0.900. The molecule has 3 N–H and O–H groups in total. The molecular formula is C9H11BrN2O7P+. The van der Waals surface area contributed by atoms with Gasteiger partial charge in [-0.05, 0) is 15.9 Å².